The number of carbonyl (C=O) groups is 2. The lowest BCUT2D eigenvalue weighted by molar-refractivity contribution is -0.122. The molecule has 0 saturated heterocycles. The van der Waals surface area contributed by atoms with Crippen molar-refractivity contribution in [1.82, 2.24) is 0 Å². The number of hydrogen-bond acceptors (Lipinski definition) is 4. The zero-order valence-corrected chi connectivity index (χ0v) is 16.3. The number of hydrogen-bond donors (Lipinski definition) is 0. The van der Waals surface area contributed by atoms with Crippen molar-refractivity contribution < 1.29 is 19.1 Å². The Balaban J connectivity index is 1.74. The average molecular weight is 356 g/mol. The van der Waals surface area contributed by atoms with Crippen molar-refractivity contribution in [2.75, 3.05) is 7.11 Å². The Morgan fingerprint density at radius 1 is 1.27 bits per heavy atom. The first-order chi connectivity index (χ1) is 12.2. The Morgan fingerprint density at radius 3 is 2.69 bits per heavy atom. The van der Waals surface area contributed by atoms with Gasteiger partial charge in [-0.2, -0.15) is 0 Å². The molecule has 140 valence electrons. The van der Waals surface area contributed by atoms with E-state index in [1.165, 1.54) is 18.8 Å². The van der Waals surface area contributed by atoms with E-state index < -0.39 is 5.60 Å². The molecular weight excluding hydrogens is 328 g/mol. The van der Waals surface area contributed by atoms with Crippen LogP contribution < -0.4 is 0 Å². The van der Waals surface area contributed by atoms with Crippen molar-refractivity contribution in [3.8, 4) is 0 Å². The second-order valence-electron chi connectivity index (χ2n) is 8.26. The third-order valence-corrected chi connectivity index (χ3v) is 6.46. The van der Waals surface area contributed by atoms with Crippen molar-refractivity contribution in [1.29, 1.82) is 0 Å². The van der Waals surface area contributed by atoms with Crippen molar-refractivity contribution in [2.45, 2.75) is 59.0 Å². The minimum Gasteiger partial charge on any atom is -0.492 e. The van der Waals surface area contributed by atoms with Crippen LogP contribution in [0.1, 0.15) is 53.4 Å². The largest absolute Gasteiger partial charge is 0.492 e. The Morgan fingerprint density at radius 2 is 2.00 bits per heavy atom. The maximum atomic E-state index is 12.4. The Kier molecular flexibility index (Phi) is 4.72. The average Bonchev–Trinajstić information content (AvgIpc) is 2.61. The fourth-order valence-corrected chi connectivity index (χ4v) is 4.14. The second-order valence-corrected chi connectivity index (χ2v) is 8.26. The molecule has 0 amide bonds. The summed E-state index contributed by atoms with van der Waals surface area (Å²) >= 11 is 0. The van der Waals surface area contributed by atoms with Crippen molar-refractivity contribution in [2.24, 2.45) is 11.3 Å². The van der Waals surface area contributed by atoms with Crippen LogP contribution in [0, 0.1) is 11.3 Å². The van der Waals surface area contributed by atoms with E-state index in [4.69, 9.17) is 9.47 Å². The van der Waals surface area contributed by atoms with Gasteiger partial charge in [0.2, 0.25) is 11.6 Å². The van der Waals surface area contributed by atoms with Crippen LogP contribution in [0.2, 0.25) is 0 Å². The Bertz CT molecular complexity index is 767. The molecule has 0 saturated carbocycles. The summed E-state index contributed by atoms with van der Waals surface area (Å²) in [4.78, 5) is 24.7. The molecule has 3 rings (SSSR count). The van der Waals surface area contributed by atoms with Gasteiger partial charge in [0, 0.05) is 6.08 Å². The lowest BCUT2D eigenvalue weighted by Gasteiger charge is -2.42. The zero-order chi connectivity index (χ0) is 19.1. The van der Waals surface area contributed by atoms with Crippen LogP contribution in [0.25, 0.3) is 0 Å². The molecule has 2 aliphatic carbocycles. The number of carbonyl (C=O) groups excluding carboxylic acids is 2. The maximum absolute atomic E-state index is 12.4. The molecular formula is C22H28O4. The molecule has 3 aliphatic rings. The quantitative estimate of drug-likeness (QED) is 0.552. The topological polar surface area (TPSA) is 52.6 Å². The second kappa shape index (κ2) is 6.57. The fourth-order valence-electron chi connectivity index (χ4n) is 4.14. The Hall–Kier alpha value is -2.10. The summed E-state index contributed by atoms with van der Waals surface area (Å²) in [6, 6.07) is 0. The van der Waals surface area contributed by atoms with Gasteiger partial charge in [0.1, 0.15) is 5.60 Å². The van der Waals surface area contributed by atoms with E-state index in [9.17, 15) is 9.59 Å². The van der Waals surface area contributed by atoms with E-state index in [0.717, 1.165) is 25.7 Å². The first-order valence-electron chi connectivity index (χ1n) is 9.33. The SMILES string of the molecule is COC1=CC(=O)C2=C(C=CC(C)(CCC3(C)CCC=C(C)C3C)O2)C1=O. The molecule has 0 radical (unpaired) electrons. The lowest BCUT2D eigenvalue weighted by Crippen LogP contribution is -2.37. The summed E-state index contributed by atoms with van der Waals surface area (Å²) in [6.07, 6.45) is 11.3. The minimum absolute atomic E-state index is 0.0661. The highest BCUT2D eigenvalue weighted by Gasteiger charge is 2.40. The van der Waals surface area contributed by atoms with Gasteiger partial charge in [-0.3, -0.25) is 9.59 Å². The molecule has 0 aromatic rings. The molecule has 0 N–H and O–H groups in total. The molecule has 0 spiro atoms. The van der Waals surface area contributed by atoms with Gasteiger partial charge in [-0.15, -0.1) is 0 Å². The monoisotopic (exact) mass is 356 g/mol. The summed E-state index contributed by atoms with van der Waals surface area (Å²) in [7, 11) is 1.39. The number of ether oxygens (including phenoxy) is 2. The minimum atomic E-state index is -0.578. The van der Waals surface area contributed by atoms with E-state index in [0.29, 0.717) is 11.5 Å². The van der Waals surface area contributed by atoms with Gasteiger partial charge in [0.15, 0.2) is 11.5 Å². The number of allylic oxidation sites excluding steroid dienone is 5. The first-order valence-corrected chi connectivity index (χ1v) is 9.33. The molecule has 0 bridgehead atoms. The normalized spacial score (nSPS) is 34.1. The molecule has 4 nitrogen and oxygen atoms in total. The van der Waals surface area contributed by atoms with Crippen molar-refractivity contribution in [3.63, 3.8) is 0 Å². The number of rotatable bonds is 4. The molecule has 3 unspecified atom stereocenters. The van der Waals surface area contributed by atoms with E-state index >= 15 is 0 Å². The van der Waals surface area contributed by atoms with Gasteiger partial charge >= 0.3 is 0 Å². The van der Waals surface area contributed by atoms with Crippen LogP contribution in [0.15, 0.2) is 47.0 Å². The number of ketones is 2. The lowest BCUT2D eigenvalue weighted by atomic mass is 9.65. The standard InChI is InChI=1S/C22H28O4/c1-14-7-6-9-21(3,15(14)2)11-12-22(4)10-8-16-19(24)18(25-5)13-17(23)20(16)26-22/h7-8,10,13,15H,6,9,11-12H2,1-5H3. The van der Waals surface area contributed by atoms with Crippen molar-refractivity contribution in [3.05, 3.63) is 47.0 Å². The number of methoxy groups -OCH3 is 1. The van der Waals surface area contributed by atoms with Crippen LogP contribution in [-0.2, 0) is 19.1 Å². The summed E-state index contributed by atoms with van der Waals surface area (Å²) in [5.41, 5.74) is 1.40. The van der Waals surface area contributed by atoms with Gasteiger partial charge < -0.3 is 9.47 Å². The van der Waals surface area contributed by atoms with E-state index in [2.05, 4.69) is 26.8 Å². The van der Waals surface area contributed by atoms with Crippen LogP contribution >= 0.6 is 0 Å². The third-order valence-electron chi connectivity index (χ3n) is 6.46. The van der Waals surface area contributed by atoms with E-state index in [-0.39, 0.29) is 28.5 Å². The summed E-state index contributed by atoms with van der Waals surface area (Å²) in [6.45, 7) is 8.84. The van der Waals surface area contributed by atoms with Crippen LogP contribution in [0.3, 0.4) is 0 Å². The van der Waals surface area contributed by atoms with Gasteiger partial charge in [-0.1, -0.05) is 25.5 Å². The molecule has 3 atom stereocenters. The third kappa shape index (κ3) is 3.17. The van der Waals surface area contributed by atoms with Gasteiger partial charge in [-0.25, -0.2) is 0 Å². The van der Waals surface area contributed by atoms with Gasteiger partial charge in [0.25, 0.3) is 0 Å². The van der Waals surface area contributed by atoms with Crippen LogP contribution in [0.4, 0.5) is 0 Å². The molecule has 0 aromatic carbocycles. The highest BCUT2D eigenvalue weighted by molar-refractivity contribution is 6.22. The van der Waals surface area contributed by atoms with Gasteiger partial charge in [-0.05, 0) is 63.0 Å². The van der Waals surface area contributed by atoms with Crippen molar-refractivity contribution >= 4 is 11.6 Å². The van der Waals surface area contributed by atoms with E-state index in [1.54, 1.807) is 6.08 Å². The highest BCUT2D eigenvalue weighted by Crippen LogP contribution is 2.46. The van der Waals surface area contributed by atoms with E-state index in [1.807, 2.05) is 13.0 Å². The molecule has 1 heterocycles. The Labute approximate surface area is 155 Å². The molecule has 0 aromatic heterocycles. The molecule has 4 heteroatoms. The fraction of sp³-hybridized carbons (Fsp3) is 0.545. The highest BCUT2D eigenvalue weighted by atomic mass is 16.5. The molecule has 0 fully saturated rings. The summed E-state index contributed by atoms with van der Waals surface area (Å²) in [5.74, 6) is 0.152. The summed E-state index contributed by atoms with van der Waals surface area (Å²) < 4.78 is 11.1. The molecule has 26 heavy (non-hydrogen) atoms. The maximum Gasteiger partial charge on any atom is 0.231 e. The summed E-state index contributed by atoms with van der Waals surface area (Å²) in [5, 5.41) is 0. The smallest absolute Gasteiger partial charge is 0.231 e. The first kappa shape index (κ1) is 18.7. The number of Topliss-reactive ketones (excluding diaryl/α,β-unsaturated/α-hetero) is 1. The zero-order valence-electron chi connectivity index (χ0n) is 16.3. The predicted molar refractivity (Wildman–Crippen MR) is 100 cm³/mol. The predicted octanol–water partition coefficient (Wildman–Crippen LogP) is 4.43. The molecule has 1 aliphatic heterocycles. The van der Waals surface area contributed by atoms with Gasteiger partial charge in [0.05, 0.1) is 12.7 Å². The van der Waals surface area contributed by atoms with Crippen LogP contribution in [0.5, 0.6) is 0 Å². The van der Waals surface area contributed by atoms with Crippen LogP contribution in [-0.4, -0.2) is 24.3 Å².